The van der Waals surface area contributed by atoms with E-state index >= 15 is 0 Å². The standard InChI is InChI=1S/C13H9BrO2S/c14-10-4-2-6-12(8-10)17-11-5-1-3-9(7-11)13(15)16/h1-8H,(H,15,16). The second kappa shape index (κ2) is 5.38. The van der Waals surface area contributed by atoms with Gasteiger partial charge in [-0.2, -0.15) is 0 Å². The van der Waals surface area contributed by atoms with Crippen LogP contribution in [0.15, 0.2) is 62.8 Å². The third-order valence-corrected chi connectivity index (χ3v) is 3.59. The van der Waals surface area contributed by atoms with Crippen LogP contribution in [0.25, 0.3) is 0 Å². The van der Waals surface area contributed by atoms with Crippen LogP contribution in [0.3, 0.4) is 0 Å². The van der Waals surface area contributed by atoms with Crippen molar-refractivity contribution in [3.8, 4) is 0 Å². The quantitative estimate of drug-likeness (QED) is 0.918. The molecule has 0 saturated carbocycles. The lowest BCUT2D eigenvalue weighted by molar-refractivity contribution is 0.0696. The summed E-state index contributed by atoms with van der Waals surface area (Å²) in [5.41, 5.74) is 0.310. The van der Waals surface area contributed by atoms with E-state index in [2.05, 4.69) is 15.9 Å². The summed E-state index contributed by atoms with van der Waals surface area (Å²) in [4.78, 5) is 12.8. The van der Waals surface area contributed by atoms with Gasteiger partial charge in [0, 0.05) is 14.3 Å². The van der Waals surface area contributed by atoms with Gasteiger partial charge in [0.25, 0.3) is 0 Å². The maximum Gasteiger partial charge on any atom is 0.335 e. The van der Waals surface area contributed by atoms with Crippen molar-refractivity contribution in [1.29, 1.82) is 0 Å². The Morgan fingerprint density at radius 3 is 2.35 bits per heavy atom. The van der Waals surface area contributed by atoms with E-state index in [1.54, 1.807) is 18.2 Å². The van der Waals surface area contributed by atoms with E-state index in [1.807, 2.05) is 30.3 Å². The molecule has 17 heavy (non-hydrogen) atoms. The number of benzene rings is 2. The summed E-state index contributed by atoms with van der Waals surface area (Å²) in [7, 11) is 0. The molecule has 2 rings (SSSR count). The fourth-order valence-electron chi connectivity index (χ4n) is 1.36. The second-order valence-electron chi connectivity index (χ2n) is 3.39. The number of hydrogen-bond donors (Lipinski definition) is 1. The Morgan fingerprint density at radius 1 is 1.06 bits per heavy atom. The molecule has 0 aliphatic rings. The van der Waals surface area contributed by atoms with E-state index < -0.39 is 5.97 Å². The predicted octanol–water partition coefficient (Wildman–Crippen LogP) is 4.30. The average molecular weight is 309 g/mol. The van der Waals surface area contributed by atoms with E-state index in [0.717, 1.165) is 14.3 Å². The Hall–Kier alpha value is -1.26. The first-order valence-electron chi connectivity index (χ1n) is 4.92. The van der Waals surface area contributed by atoms with Crippen molar-refractivity contribution in [2.75, 3.05) is 0 Å². The number of carbonyl (C=O) groups is 1. The number of halogens is 1. The molecule has 0 radical (unpaired) electrons. The molecule has 0 aliphatic heterocycles. The van der Waals surface area contributed by atoms with Crippen LogP contribution < -0.4 is 0 Å². The van der Waals surface area contributed by atoms with Crippen LogP contribution in [0, 0.1) is 0 Å². The van der Waals surface area contributed by atoms with Crippen molar-refractivity contribution in [3.63, 3.8) is 0 Å². The summed E-state index contributed by atoms with van der Waals surface area (Å²) >= 11 is 4.95. The minimum atomic E-state index is -0.901. The Balaban J connectivity index is 2.24. The van der Waals surface area contributed by atoms with Crippen molar-refractivity contribution in [2.45, 2.75) is 9.79 Å². The molecule has 1 N–H and O–H groups in total. The number of carboxylic acids is 1. The van der Waals surface area contributed by atoms with Crippen molar-refractivity contribution in [2.24, 2.45) is 0 Å². The highest BCUT2D eigenvalue weighted by Gasteiger charge is 2.04. The first-order chi connectivity index (χ1) is 8.15. The topological polar surface area (TPSA) is 37.3 Å². The van der Waals surface area contributed by atoms with Crippen LogP contribution in [-0.4, -0.2) is 11.1 Å². The SMILES string of the molecule is O=C(O)c1cccc(Sc2cccc(Br)c2)c1. The van der Waals surface area contributed by atoms with Crippen molar-refractivity contribution in [1.82, 2.24) is 0 Å². The zero-order chi connectivity index (χ0) is 12.3. The van der Waals surface area contributed by atoms with E-state index in [0.29, 0.717) is 5.56 Å². The van der Waals surface area contributed by atoms with Gasteiger partial charge in [0.15, 0.2) is 0 Å². The van der Waals surface area contributed by atoms with Crippen molar-refractivity contribution >= 4 is 33.7 Å². The van der Waals surface area contributed by atoms with Crippen LogP contribution in [0.5, 0.6) is 0 Å². The molecule has 0 heterocycles. The minimum Gasteiger partial charge on any atom is -0.478 e. The lowest BCUT2D eigenvalue weighted by Gasteiger charge is -2.03. The maximum absolute atomic E-state index is 10.8. The largest absolute Gasteiger partial charge is 0.478 e. The van der Waals surface area contributed by atoms with Crippen molar-refractivity contribution in [3.05, 3.63) is 58.6 Å². The lowest BCUT2D eigenvalue weighted by atomic mass is 10.2. The molecule has 2 aromatic carbocycles. The van der Waals surface area contributed by atoms with Gasteiger partial charge in [0.05, 0.1) is 5.56 Å². The molecule has 0 bridgehead atoms. The van der Waals surface area contributed by atoms with Gasteiger partial charge in [-0.3, -0.25) is 0 Å². The Morgan fingerprint density at radius 2 is 1.71 bits per heavy atom. The summed E-state index contributed by atoms with van der Waals surface area (Å²) in [6, 6.07) is 14.8. The summed E-state index contributed by atoms with van der Waals surface area (Å²) in [6.07, 6.45) is 0. The van der Waals surface area contributed by atoms with E-state index in [9.17, 15) is 4.79 Å². The third-order valence-electron chi connectivity index (χ3n) is 2.11. The highest BCUT2D eigenvalue weighted by Crippen LogP contribution is 2.29. The highest BCUT2D eigenvalue weighted by molar-refractivity contribution is 9.10. The molecule has 0 aromatic heterocycles. The maximum atomic E-state index is 10.8. The zero-order valence-electron chi connectivity index (χ0n) is 8.76. The van der Waals surface area contributed by atoms with Crippen LogP contribution >= 0.6 is 27.7 Å². The first kappa shape index (κ1) is 12.2. The molecule has 86 valence electrons. The number of carboxylic acid groups (broad SMARTS) is 1. The fourth-order valence-corrected chi connectivity index (χ4v) is 2.85. The second-order valence-corrected chi connectivity index (χ2v) is 5.46. The van der Waals surface area contributed by atoms with Gasteiger partial charge in [0.2, 0.25) is 0 Å². The molecule has 4 heteroatoms. The van der Waals surface area contributed by atoms with E-state index in [-0.39, 0.29) is 0 Å². The van der Waals surface area contributed by atoms with Gasteiger partial charge in [-0.25, -0.2) is 4.79 Å². The molecule has 2 aromatic rings. The van der Waals surface area contributed by atoms with Crippen LogP contribution in [0.1, 0.15) is 10.4 Å². The van der Waals surface area contributed by atoms with Gasteiger partial charge < -0.3 is 5.11 Å². The summed E-state index contributed by atoms with van der Waals surface area (Å²) in [5.74, 6) is -0.901. The molecule has 0 unspecified atom stereocenters. The highest BCUT2D eigenvalue weighted by atomic mass is 79.9. The van der Waals surface area contributed by atoms with Gasteiger partial charge in [-0.1, -0.05) is 39.8 Å². The third kappa shape index (κ3) is 3.35. The number of aromatic carboxylic acids is 1. The number of hydrogen-bond acceptors (Lipinski definition) is 2. The van der Waals surface area contributed by atoms with Crippen LogP contribution in [0.4, 0.5) is 0 Å². The molecule has 0 saturated heterocycles. The Bertz CT molecular complexity index is 555. The molecule has 2 nitrogen and oxygen atoms in total. The molecule has 0 aliphatic carbocycles. The molecular weight excluding hydrogens is 300 g/mol. The average Bonchev–Trinajstić information content (AvgIpc) is 2.29. The normalized spacial score (nSPS) is 10.2. The van der Waals surface area contributed by atoms with Gasteiger partial charge in [-0.15, -0.1) is 0 Å². The predicted molar refractivity (Wildman–Crippen MR) is 71.7 cm³/mol. The molecule has 0 atom stereocenters. The van der Waals surface area contributed by atoms with Crippen LogP contribution in [-0.2, 0) is 0 Å². The molecular formula is C13H9BrO2S. The first-order valence-corrected chi connectivity index (χ1v) is 6.53. The van der Waals surface area contributed by atoms with Gasteiger partial charge in [-0.05, 0) is 36.4 Å². The van der Waals surface area contributed by atoms with E-state index in [1.165, 1.54) is 11.8 Å². The van der Waals surface area contributed by atoms with Gasteiger partial charge >= 0.3 is 5.97 Å². The molecule has 0 amide bonds. The smallest absolute Gasteiger partial charge is 0.335 e. The molecule has 0 spiro atoms. The lowest BCUT2D eigenvalue weighted by Crippen LogP contribution is -1.95. The summed E-state index contributed by atoms with van der Waals surface area (Å²) < 4.78 is 1.01. The monoisotopic (exact) mass is 308 g/mol. The van der Waals surface area contributed by atoms with Crippen LogP contribution in [0.2, 0.25) is 0 Å². The Kier molecular flexibility index (Phi) is 3.86. The summed E-state index contributed by atoms with van der Waals surface area (Å²) in [6.45, 7) is 0. The van der Waals surface area contributed by atoms with Crippen molar-refractivity contribution < 1.29 is 9.90 Å². The van der Waals surface area contributed by atoms with Gasteiger partial charge in [0.1, 0.15) is 0 Å². The van der Waals surface area contributed by atoms with E-state index in [4.69, 9.17) is 5.11 Å². The molecule has 0 fully saturated rings. The minimum absolute atomic E-state index is 0.310. The summed E-state index contributed by atoms with van der Waals surface area (Å²) in [5, 5.41) is 8.90. The fraction of sp³-hybridized carbons (Fsp3) is 0. The Labute approximate surface area is 112 Å². The zero-order valence-corrected chi connectivity index (χ0v) is 11.2. The number of rotatable bonds is 3.